The minimum atomic E-state index is -0.395. The number of benzene rings is 1. The normalized spacial score (nSPS) is 10.7. The number of hydrogen-bond donors (Lipinski definition) is 0. The van der Waals surface area contributed by atoms with Gasteiger partial charge in [0.1, 0.15) is 5.75 Å². The molecule has 5 nitrogen and oxygen atoms in total. The van der Waals surface area contributed by atoms with E-state index in [-0.39, 0.29) is 6.42 Å². The van der Waals surface area contributed by atoms with Gasteiger partial charge in [-0.15, -0.1) is 11.3 Å². The van der Waals surface area contributed by atoms with Crippen LogP contribution in [0.15, 0.2) is 40.2 Å². The summed E-state index contributed by atoms with van der Waals surface area (Å²) in [5.74, 6) is 0.903. The van der Waals surface area contributed by atoms with Gasteiger partial charge in [-0.3, -0.25) is 4.79 Å². The fraction of sp³-hybridized carbons (Fsp3) is 0.188. The number of nitrogens with zero attached hydrogens (tertiary/aromatic N) is 2. The van der Waals surface area contributed by atoms with E-state index < -0.39 is 5.97 Å². The van der Waals surface area contributed by atoms with E-state index >= 15 is 0 Å². The first-order chi connectivity index (χ1) is 11.1. The van der Waals surface area contributed by atoms with Crippen molar-refractivity contribution in [3.63, 3.8) is 0 Å². The lowest BCUT2D eigenvalue weighted by atomic mass is 10.2. The second kappa shape index (κ2) is 6.93. The van der Waals surface area contributed by atoms with Crippen LogP contribution >= 0.6 is 22.9 Å². The molecule has 0 aliphatic rings. The van der Waals surface area contributed by atoms with Crippen LogP contribution in [0.4, 0.5) is 0 Å². The van der Waals surface area contributed by atoms with Gasteiger partial charge in [-0.1, -0.05) is 28.9 Å². The van der Waals surface area contributed by atoms with Gasteiger partial charge in [0.2, 0.25) is 11.7 Å². The van der Waals surface area contributed by atoms with Crippen molar-refractivity contribution in [2.75, 3.05) is 0 Å². The van der Waals surface area contributed by atoms with E-state index in [0.29, 0.717) is 28.9 Å². The molecule has 0 unspecified atom stereocenters. The molecule has 2 aromatic heterocycles. The van der Waals surface area contributed by atoms with E-state index in [1.165, 1.54) is 11.3 Å². The average Bonchev–Trinajstić information content (AvgIpc) is 3.19. The quantitative estimate of drug-likeness (QED) is 0.508. The maximum absolute atomic E-state index is 11.9. The summed E-state index contributed by atoms with van der Waals surface area (Å²) in [4.78, 5) is 17.1. The van der Waals surface area contributed by atoms with Gasteiger partial charge in [0.15, 0.2) is 0 Å². The van der Waals surface area contributed by atoms with Gasteiger partial charge in [-0.05, 0) is 36.1 Å². The molecule has 0 fully saturated rings. The lowest BCUT2D eigenvalue weighted by Crippen LogP contribution is -2.09. The Morgan fingerprint density at radius 3 is 3.04 bits per heavy atom. The Morgan fingerprint density at radius 2 is 2.26 bits per heavy atom. The van der Waals surface area contributed by atoms with Crippen LogP contribution in [0.2, 0.25) is 5.02 Å². The van der Waals surface area contributed by atoms with Crippen LogP contribution in [-0.2, 0) is 11.2 Å². The molecule has 0 aliphatic carbocycles. The molecule has 0 amide bonds. The number of halogens is 1. The number of ether oxygens (including phenoxy) is 1. The highest BCUT2D eigenvalue weighted by molar-refractivity contribution is 7.13. The Balaban J connectivity index is 1.58. The predicted octanol–water partition coefficient (Wildman–Crippen LogP) is 4.30. The molecule has 3 rings (SSSR count). The molecule has 118 valence electrons. The minimum Gasteiger partial charge on any atom is -0.425 e. The largest absolute Gasteiger partial charge is 0.425 e. The van der Waals surface area contributed by atoms with Crippen LogP contribution in [0.5, 0.6) is 5.75 Å². The molecule has 23 heavy (non-hydrogen) atoms. The third-order valence-corrected chi connectivity index (χ3v) is 4.24. The summed E-state index contributed by atoms with van der Waals surface area (Å²) in [6.45, 7) is 1.90. The van der Waals surface area contributed by atoms with Crippen molar-refractivity contribution in [2.45, 2.75) is 19.8 Å². The molecular formula is C16H13ClN2O3S. The second-order valence-corrected chi connectivity index (χ2v) is 6.25. The van der Waals surface area contributed by atoms with Gasteiger partial charge in [-0.25, -0.2) is 0 Å². The van der Waals surface area contributed by atoms with Gasteiger partial charge >= 0.3 is 5.97 Å². The molecule has 0 spiro atoms. The molecule has 0 atom stereocenters. The molecule has 3 aromatic rings. The molecule has 0 saturated carbocycles. The molecule has 7 heteroatoms. The van der Waals surface area contributed by atoms with Crippen molar-refractivity contribution in [2.24, 2.45) is 0 Å². The Hall–Kier alpha value is -2.18. The van der Waals surface area contributed by atoms with Crippen LogP contribution in [0.1, 0.15) is 17.9 Å². The smallest absolute Gasteiger partial charge is 0.311 e. The third-order valence-electron chi connectivity index (χ3n) is 3.06. The summed E-state index contributed by atoms with van der Waals surface area (Å²) in [6, 6.07) is 9.10. The number of aryl methyl sites for hydroxylation is 2. The molecule has 0 bridgehead atoms. The summed E-state index contributed by atoms with van der Waals surface area (Å²) in [6.07, 6.45) is 0.455. The number of rotatable bonds is 5. The summed E-state index contributed by atoms with van der Waals surface area (Å²) >= 11 is 7.53. The van der Waals surface area contributed by atoms with E-state index in [1.54, 1.807) is 12.1 Å². The van der Waals surface area contributed by atoms with Crippen LogP contribution in [-0.4, -0.2) is 16.1 Å². The van der Waals surface area contributed by atoms with Crippen molar-refractivity contribution in [1.82, 2.24) is 10.1 Å². The zero-order valence-electron chi connectivity index (χ0n) is 12.3. The maximum Gasteiger partial charge on any atom is 0.311 e. The standard InChI is InChI=1S/C16H13ClN2O3S/c1-10-4-5-11(17)12(9-10)21-15(20)7-6-14-18-16(19-22-14)13-3-2-8-23-13/h2-5,8-9H,6-7H2,1H3. The molecule has 2 heterocycles. The fourth-order valence-electron chi connectivity index (χ4n) is 1.93. The van der Waals surface area contributed by atoms with Crippen LogP contribution in [0.3, 0.4) is 0 Å². The monoisotopic (exact) mass is 348 g/mol. The van der Waals surface area contributed by atoms with Crippen LogP contribution < -0.4 is 4.74 Å². The van der Waals surface area contributed by atoms with E-state index in [4.69, 9.17) is 20.9 Å². The summed E-state index contributed by atoms with van der Waals surface area (Å²) in [5, 5.41) is 6.24. The summed E-state index contributed by atoms with van der Waals surface area (Å²) in [5.41, 5.74) is 0.967. The van der Waals surface area contributed by atoms with Crippen molar-refractivity contribution >= 4 is 28.9 Å². The highest BCUT2D eigenvalue weighted by atomic mass is 35.5. The minimum absolute atomic E-state index is 0.135. The molecular weight excluding hydrogens is 336 g/mol. The lowest BCUT2D eigenvalue weighted by Gasteiger charge is -2.06. The fourth-order valence-corrected chi connectivity index (χ4v) is 2.74. The molecule has 0 saturated heterocycles. The first kappa shape index (κ1) is 15.7. The first-order valence-corrected chi connectivity index (χ1v) is 8.21. The Labute approximate surface area is 141 Å². The highest BCUT2D eigenvalue weighted by Gasteiger charge is 2.13. The van der Waals surface area contributed by atoms with E-state index in [0.717, 1.165) is 10.4 Å². The van der Waals surface area contributed by atoms with Crippen molar-refractivity contribution in [1.29, 1.82) is 0 Å². The van der Waals surface area contributed by atoms with E-state index in [9.17, 15) is 4.79 Å². The first-order valence-electron chi connectivity index (χ1n) is 6.95. The average molecular weight is 349 g/mol. The second-order valence-electron chi connectivity index (χ2n) is 4.90. The molecule has 0 radical (unpaired) electrons. The van der Waals surface area contributed by atoms with Crippen molar-refractivity contribution in [3.05, 3.63) is 52.2 Å². The van der Waals surface area contributed by atoms with Gasteiger partial charge in [0.05, 0.1) is 16.3 Å². The van der Waals surface area contributed by atoms with Crippen LogP contribution in [0.25, 0.3) is 10.7 Å². The number of aromatic nitrogens is 2. The lowest BCUT2D eigenvalue weighted by molar-refractivity contribution is -0.134. The number of thiophene rings is 1. The number of carbonyl (C=O) groups is 1. The molecule has 0 aliphatic heterocycles. The van der Waals surface area contributed by atoms with Crippen molar-refractivity contribution < 1.29 is 14.1 Å². The highest BCUT2D eigenvalue weighted by Crippen LogP contribution is 2.26. The Kier molecular flexibility index (Phi) is 4.73. The van der Waals surface area contributed by atoms with Gasteiger partial charge in [0, 0.05) is 6.42 Å². The summed E-state index contributed by atoms with van der Waals surface area (Å²) < 4.78 is 10.4. The SMILES string of the molecule is Cc1ccc(Cl)c(OC(=O)CCc2nc(-c3cccs3)no2)c1. The third kappa shape index (κ3) is 3.97. The zero-order valence-corrected chi connectivity index (χ0v) is 13.9. The van der Waals surface area contributed by atoms with Gasteiger partial charge < -0.3 is 9.26 Å². The topological polar surface area (TPSA) is 65.2 Å². The van der Waals surface area contributed by atoms with E-state index in [2.05, 4.69) is 10.1 Å². The number of carbonyl (C=O) groups excluding carboxylic acids is 1. The Bertz CT molecular complexity index is 815. The maximum atomic E-state index is 11.9. The summed E-state index contributed by atoms with van der Waals surface area (Å²) in [7, 11) is 0. The molecule has 0 N–H and O–H groups in total. The van der Waals surface area contributed by atoms with Gasteiger partial charge in [0.25, 0.3) is 0 Å². The van der Waals surface area contributed by atoms with Crippen LogP contribution in [0, 0.1) is 6.92 Å². The van der Waals surface area contributed by atoms with E-state index in [1.807, 2.05) is 30.5 Å². The van der Waals surface area contributed by atoms with Gasteiger partial charge in [-0.2, -0.15) is 4.98 Å². The number of esters is 1. The predicted molar refractivity (Wildman–Crippen MR) is 87.8 cm³/mol. The molecule has 1 aromatic carbocycles. The van der Waals surface area contributed by atoms with Crippen molar-refractivity contribution in [3.8, 4) is 16.5 Å². The zero-order chi connectivity index (χ0) is 16.2. The Morgan fingerprint density at radius 1 is 1.39 bits per heavy atom. The number of hydrogen-bond acceptors (Lipinski definition) is 6.